The van der Waals surface area contributed by atoms with Crippen LogP contribution < -0.4 is 5.32 Å². The number of ether oxygens (including phenoxy) is 1. The molecule has 0 aliphatic carbocycles. The molecule has 0 fully saturated rings. The van der Waals surface area contributed by atoms with Gasteiger partial charge in [0.15, 0.2) is 11.5 Å². The van der Waals surface area contributed by atoms with E-state index >= 15 is 0 Å². The summed E-state index contributed by atoms with van der Waals surface area (Å²) >= 11 is 1.39. The van der Waals surface area contributed by atoms with E-state index in [0.29, 0.717) is 31.3 Å². The quantitative estimate of drug-likeness (QED) is 0.243. The summed E-state index contributed by atoms with van der Waals surface area (Å²) in [7, 11) is 0. The van der Waals surface area contributed by atoms with Gasteiger partial charge in [0.1, 0.15) is 11.6 Å². The van der Waals surface area contributed by atoms with Gasteiger partial charge in [-0.2, -0.15) is 9.47 Å². The summed E-state index contributed by atoms with van der Waals surface area (Å²) in [5.41, 5.74) is 4.12. The molecule has 0 bridgehead atoms. The Morgan fingerprint density at radius 1 is 1.32 bits per heavy atom. The van der Waals surface area contributed by atoms with E-state index in [9.17, 15) is 4.79 Å². The highest BCUT2D eigenvalue weighted by Gasteiger charge is 2.28. The van der Waals surface area contributed by atoms with Crippen molar-refractivity contribution >= 4 is 34.0 Å². The van der Waals surface area contributed by atoms with Crippen LogP contribution in [0.3, 0.4) is 0 Å². The van der Waals surface area contributed by atoms with E-state index in [0.717, 1.165) is 46.3 Å². The molecule has 0 unspecified atom stereocenters. The molecule has 4 aromatic heterocycles. The van der Waals surface area contributed by atoms with E-state index in [1.807, 2.05) is 36.0 Å². The number of hydrogen-bond acceptors (Lipinski definition) is 9. The number of anilines is 2. The molecule has 0 aliphatic rings. The van der Waals surface area contributed by atoms with E-state index in [1.54, 1.807) is 6.20 Å². The van der Waals surface area contributed by atoms with Crippen molar-refractivity contribution in [2.75, 3.05) is 18.5 Å². The predicted octanol–water partition coefficient (Wildman–Crippen LogP) is 5.21. The van der Waals surface area contributed by atoms with Gasteiger partial charge in [-0.15, -0.1) is 0 Å². The molecule has 4 aromatic rings. The van der Waals surface area contributed by atoms with Gasteiger partial charge < -0.3 is 10.1 Å². The second kappa shape index (κ2) is 11.4. The van der Waals surface area contributed by atoms with Crippen molar-refractivity contribution in [1.82, 2.24) is 33.8 Å². The number of aryl methyl sites for hydroxylation is 1. The fraction of sp³-hybridized carbons (Fsp3) is 0.500. The number of carbonyl (C=O) groups excluding carboxylic acids is 1. The van der Waals surface area contributed by atoms with Crippen LogP contribution in [-0.4, -0.2) is 58.5 Å². The smallest absolute Gasteiger partial charge is 0.305 e. The van der Waals surface area contributed by atoms with Crippen molar-refractivity contribution < 1.29 is 9.53 Å². The van der Waals surface area contributed by atoms with E-state index in [-0.39, 0.29) is 11.5 Å². The van der Waals surface area contributed by atoms with Crippen molar-refractivity contribution in [3.8, 4) is 11.3 Å². The third-order valence-electron chi connectivity index (χ3n) is 6.31. The molecule has 0 saturated heterocycles. The molecule has 2 N–H and O–H groups in total. The van der Waals surface area contributed by atoms with Crippen molar-refractivity contribution in [1.29, 1.82) is 0 Å². The Labute approximate surface area is 221 Å². The first-order chi connectivity index (χ1) is 17.7. The number of hydrogen-bond donors (Lipinski definition) is 2. The fourth-order valence-corrected chi connectivity index (χ4v) is 4.79. The van der Waals surface area contributed by atoms with Crippen LogP contribution in [0.2, 0.25) is 0 Å². The van der Waals surface area contributed by atoms with E-state index in [1.165, 1.54) is 11.5 Å². The second-order valence-electron chi connectivity index (χ2n) is 10.3. The van der Waals surface area contributed by atoms with Crippen molar-refractivity contribution in [3.63, 3.8) is 0 Å². The zero-order valence-electron chi connectivity index (χ0n) is 22.4. The molecule has 0 radical (unpaired) electrons. The van der Waals surface area contributed by atoms with Gasteiger partial charge in [0.05, 0.1) is 29.5 Å². The second-order valence-corrected chi connectivity index (χ2v) is 11.1. The van der Waals surface area contributed by atoms with Crippen LogP contribution in [0.25, 0.3) is 16.9 Å². The average molecular weight is 525 g/mol. The minimum atomic E-state index is -0.316. The van der Waals surface area contributed by atoms with Gasteiger partial charge >= 0.3 is 5.97 Å². The number of nitrogens with zero attached hydrogens (tertiary/aromatic N) is 6. The minimum absolute atomic E-state index is 0.134. The number of likely N-dealkylation sites (N-methyl/N-ethyl adjacent to an activating group) is 1. The Morgan fingerprint density at radius 3 is 2.84 bits per heavy atom. The Bertz CT molecular complexity index is 1330. The Hall–Kier alpha value is -3.31. The maximum Gasteiger partial charge on any atom is 0.305 e. The van der Waals surface area contributed by atoms with E-state index in [2.05, 4.69) is 69.4 Å². The lowest BCUT2D eigenvalue weighted by Gasteiger charge is -2.37. The molecule has 11 heteroatoms. The Morgan fingerprint density at radius 2 is 2.14 bits per heavy atom. The highest BCUT2D eigenvalue weighted by molar-refractivity contribution is 7.10. The van der Waals surface area contributed by atoms with Gasteiger partial charge in [-0.25, -0.2) is 9.97 Å². The minimum Gasteiger partial charge on any atom is -0.464 e. The summed E-state index contributed by atoms with van der Waals surface area (Å²) in [6.07, 6.45) is 8.70. The Balaban J connectivity index is 1.44. The summed E-state index contributed by atoms with van der Waals surface area (Å²) in [6, 6.07) is 2.04. The third-order valence-corrected chi connectivity index (χ3v) is 7.05. The van der Waals surface area contributed by atoms with Crippen molar-refractivity contribution in [2.24, 2.45) is 5.92 Å². The predicted molar refractivity (Wildman–Crippen MR) is 146 cm³/mol. The molecule has 198 valence electrons. The van der Waals surface area contributed by atoms with Gasteiger partial charge in [-0.05, 0) is 57.3 Å². The lowest BCUT2D eigenvalue weighted by molar-refractivity contribution is -0.148. The number of esters is 1. The molecule has 0 amide bonds. The van der Waals surface area contributed by atoms with Crippen LogP contribution in [-0.2, 0) is 16.1 Å². The summed E-state index contributed by atoms with van der Waals surface area (Å²) in [5.74, 6) is 1.02. The topological polar surface area (TPSA) is 113 Å². The van der Waals surface area contributed by atoms with E-state index in [4.69, 9.17) is 4.74 Å². The fourth-order valence-electron chi connectivity index (χ4n) is 4.14. The molecule has 0 spiro atoms. The first-order valence-corrected chi connectivity index (χ1v) is 13.4. The molecule has 0 aromatic carbocycles. The number of fused-ring (bicyclic) bond motifs is 1. The van der Waals surface area contributed by atoms with Crippen molar-refractivity contribution in [2.45, 2.75) is 66.5 Å². The van der Waals surface area contributed by atoms with Gasteiger partial charge in [-0.3, -0.25) is 19.2 Å². The van der Waals surface area contributed by atoms with E-state index < -0.39 is 0 Å². The number of carbonyl (C=O) groups is 1. The zero-order chi connectivity index (χ0) is 26.6. The SMILES string of the molecule is CCN(Cc1cc(Nc2nc(C)cn3c(-c4cn[nH]c4)cnc23)sn1)C(C)(C)COC(=O)CCC(C)C. The molecule has 0 atom stereocenters. The molecule has 0 saturated carbocycles. The van der Waals surface area contributed by atoms with Crippen LogP contribution in [0.5, 0.6) is 0 Å². The number of nitrogens with one attached hydrogen (secondary N) is 2. The van der Waals surface area contributed by atoms with Gasteiger partial charge in [0.25, 0.3) is 0 Å². The number of rotatable bonds is 12. The molecule has 4 rings (SSSR count). The molecule has 4 heterocycles. The largest absolute Gasteiger partial charge is 0.464 e. The normalized spacial score (nSPS) is 12.1. The Kier molecular flexibility index (Phi) is 8.23. The standard InChI is InChI=1S/C26H36N8O2S/c1-7-33(26(5,6)16-36-23(35)9-8-17(2)3)15-20-10-22(37-32-20)31-24-25-27-13-21(19-11-28-29-12-19)34(25)14-18(4)30-24/h10-14,17H,7-9,15-16H2,1-6H3,(H,28,29)(H,30,31). The molecular weight excluding hydrogens is 488 g/mol. The third kappa shape index (κ3) is 6.53. The zero-order valence-corrected chi connectivity index (χ0v) is 23.2. The summed E-state index contributed by atoms with van der Waals surface area (Å²) in [5, 5.41) is 11.2. The first kappa shape index (κ1) is 26.7. The maximum atomic E-state index is 12.1. The van der Waals surface area contributed by atoms with Crippen LogP contribution >= 0.6 is 11.5 Å². The van der Waals surface area contributed by atoms with Crippen LogP contribution in [0, 0.1) is 12.8 Å². The van der Waals surface area contributed by atoms with Crippen LogP contribution in [0.4, 0.5) is 10.8 Å². The maximum absolute atomic E-state index is 12.1. The van der Waals surface area contributed by atoms with Gasteiger partial charge in [-0.1, -0.05) is 20.8 Å². The number of aromatic nitrogens is 6. The summed E-state index contributed by atoms with van der Waals surface area (Å²) in [6.45, 7) is 14.3. The van der Waals surface area contributed by atoms with Crippen LogP contribution in [0.15, 0.2) is 30.9 Å². The lowest BCUT2D eigenvalue weighted by atomic mass is 10.0. The highest BCUT2D eigenvalue weighted by Crippen LogP contribution is 2.28. The van der Waals surface area contributed by atoms with Crippen molar-refractivity contribution in [3.05, 3.63) is 42.2 Å². The van der Waals surface area contributed by atoms with Gasteiger partial charge in [0, 0.05) is 36.5 Å². The summed E-state index contributed by atoms with van der Waals surface area (Å²) in [4.78, 5) is 23.7. The molecule has 0 aliphatic heterocycles. The first-order valence-electron chi connectivity index (χ1n) is 12.6. The molecule has 37 heavy (non-hydrogen) atoms. The summed E-state index contributed by atoms with van der Waals surface area (Å²) < 4.78 is 12.3. The lowest BCUT2D eigenvalue weighted by Crippen LogP contribution is -2.47. The molecule has 10 nitrogen and oxygen atoms in total. The average Bonchev–Trinajstić information content (AvgIpc) is 3.60. The number of aromatic amines is 1. The number of H-pyrrole nitrogens is 1. The number of imidazole rings is 1. The van der Waals surface area contributed by atoms with Gasteiger partial charge in [0.2, 0.25) is 0 Å². The highest BCUT2D eigenvalue weighted by atomic mass is 32.1. The molecular formula is C26H36N8O2S. The monoisotopic (exact) mass is 524 g/mol. The van der Waals surface area contributed by atoms with Crippen LogP contribution in [0.1, 0.15) is 58.8 Å².